The second-order valence-corrected chi connectivity index (χ2v) is 5.42. The molecule has 1 aliphatic rings. The van der Waals surface area contributed by atoms with Crippen molar-refractivity contribution in [2.75, 3.05) is 19.6 Å². The SMILES string of the molecule is NC1CCN(CCc2cccc3cccnc23)CC1. The van der Waals surface area contributed by atoms with Crippen LogP contribution in [0.25, 0.3) is 10.9 Å². The van der Waals surface area contributed by atoms with E-state index in [1.165, 1.54) is 10.9 Å². The lowest BCUT2D eigenvalue weighted by Gasteiger charge is -2.30. The van der Waals surface area contributed by atoms with Gasteiger partial charge >= 0.3 is 0 Å². The zero-order chi connectivity index (χ0) is 13.1. The molecular weight excluding hydrogens is 234 g/mol. The summed E-state index contributed by atoms with van der Waals surface area (Å²) in [6, 6.07) is 11.0. The monoisotopic (exact) mass is 255 g/mol. The zero-order valence-electron chi connectivity index (χ0n) is 11.3. The van der Waals surface area contributed by atoms with Crippen LogP contribution in [0.15, 0.2) is 36.5 Å². The van der Waals surface area contributed by atoms with Gasteiger partial charge in [0.1, 0.15) is 0 Å². The van der Waals surface area contributed by atoms with Crippen LogP contribution >= 0.6 is 0 Å². The molecule has 2 N–H and O–H groups in total. The van der Waals surface area contributed by atoms with Crippen molar-refractivity contribution in [1.29, 1.82) is 0 Å². The van der Waals surface area contributed by atoms with E-state index in [-0.39, 0.29) is 0 Å². The van der Waals surface area contributed by atoms with Crippen LogP contribution in [0.2, 0.25) is 0 Å². The number of pyridine rings is 1. The van der Waals surface area contributed by atoms with Crippen molar-refractivity contribution in [3.63, 3.8) is 0 Å². The number of nitrogens with zero attached hydrogens (tertiary/aromatic N) is 2. The highest BCUT2D eigenvalue weighted by atomic mass is 15.1. The van der Waals surface area contributed by atoms with E-state index >= 15 is 0 Å². The topological polar surface area (TPSA) is 42.1 Å². The predicted octanol–water partition coefficient (Wildman–Crippen LogP) is 2.20. The number of para-hydroxylation sites is 1. The Labute approximate surface area is 114 Å². The first-order valence-electron chi connectivity index (χ1n) is 7.13. The summed E-state index contributed by atoms with van der Waals surface area (Å²) in [5.74, 6) is 0. The second kappa shape index (κ2) is 5.68. The quantitative estimate of drug-likeness (QED) is 0.914. The third-order valence-corrected chi connectivity index (χ3v) is 4.05. The van der Waals surface area contributed by atoms with Crippen molar-refractivity contribution < 1.29 is 0 Å². The van der Waals surface area contributed by atoms with Crippen LogP contribution in [0.3, 0.4) is 0 Å². The normalized spacial score (nSPS) is 17.9. The highest BCUT2D eigenvalue weighted by Gasteiger charge is 2.15. The maximum atomic E-state index is 5.94. The molecule has 0 aliphatic carbocycles. The van der Waals surface area contributed by atoms with Crippen LogP contribution in [-0.4, -0.2) is 35.6 Å². The molecule has 1 aromatic heterocycles. The number of likely N-dealkylation sites (tertiary alicyclic amines) is 1. The maximum Gasteiger partial charge on any atom is 0.0734 e. The number of hydrogen-bond acceptors (Lipinski definition) is 3. The molecule has 2 aromatic rings. The first-order chi connectivity index (χ1) is 9.33. The van der Waals surface area contributed by atoms with Crippen molar-refractivity contribution in [1.82, 2.24) is 9.88 Å². The van der Waals surface area contributed by atoms with Gasteiger partial charge in [0.15, 0.2) is 0 Å². The Balaban J connectivity index is 1.68. The van der Waals surface area contributed by atoms with Crippen LogP contribution in [-0.2, 0) is 6.42 Å². The van der Waals surface area contributed by atoms with Crippen LogP contribution in [0.5, 0.6) is 0 Å². The van der Waals surface area contributed by atoms with Gasteiger partial charge in [0.05, 0.1) is 5.52 Å². The van der Waals surface area contributed by atoms with E-state index in [0.29, 0.717) is 6.04 Å². The zero-order valence-corrected chi connectivity index (χ0v) is 11.3. The number of piperidine rings is 1. The Morgan fingerprint density at radius 2 is 1.95 bits per heavy atom. The van der Waals surface area contributed by atoms with Crippen LogP contribution in [0, 0.1) is 0 Å². The third-order valence-electron chi connectivity index (χ3n) is 4.05. The van der Waals surface area contributed by atoms with E-state index in [2.05, 4.69) is 34.1 Å². The number of benzene rings is 1. The molecule has 0 saturated carbocycles. The molecule has 19 heavy (non-hydrogen) atoms. The van der Waals surface area contributed by atoms with Crippen LogP contribution in [0.1, 0.15) is 18.4 Å². The first kappa shape index (κ1) is 12.6. The van der Waals surface area contributed by atoms with E-state index in [1.54, 1.807) is 0 Å². The van der Waals surface area contributed by atoms with Gasteiger partial charge in [0.2, 0.25) is 0 Å². The lowest BCUT2D eigenvalue weighted by atomic mass is 10.0. The number of nitrogens with two attached hydrogens (primary N) is 1. The summed E-state index contributed by atoms with van der Waals surface area (Å²) in [5.41, 5.74) is 8.45. The van der Waals surface area contributed by atoms with Gasteiger partial charge in [-0.25, -0.2) is 0 Å². The minimum atomic E-state index is 0.412. The number of rotatable bonds is 3. The summed E-state index contributed by atoms with van der Waals surface area (Å²) in [6.07, 6.45) is 5.22. The highest BCUT2D eigenvalue weighted by Crippen LogP contribution is 2.17. The average molecular weight is 255 g/mol. The predicted molar refractivity (Wildman–Crippen MR) is 79.1 cm³/mol. The molecule has 0 spiro atoms. The van der Waals surface area contributed by atoms with Crippen molar-refractivity contribution in [3.05, 3.63) is 42.1 Å². The smallest absolute Gasteiger partial charge is 0.0734 e. The molecule has 1 aromatic carbocycles. The summed E-state index contributed by atoms with van der Waals surface area (Å²) in [5, 5.41) is 1.24. The van der Waals surface area contributed by atoms with Crippen molar-refractivity contribution in [2.24, 2.45) is 5.73 Å². The largest absolute Gasteiger partial charge is 0.328 e. The van der Waals surface area contributed by atoms with Gasteiger partial charge in [-0.05, 0) is 44.0 Å². The molecule has 1 fully saturated rings. The van der Waals surface area contributed by atoms with Gasteiger partial charge in [0.25, 0.3) is 0 Å². The minimum absolute atomic E-state index is 0.412. The van der Waals surface area contributed by atoms with E-state index < -0.39 is 0 Å². The van der Waals surface area contributed by atoms with Gasteiger partial charge in [-0.1, -0.05) is 24.3 Å². The Morgan fingerprint density at radius 1 is 1.16 bits per heavy atom. The number of fused-ring (bicyclic) bond motifs is 1. The lowest BCUT2D eigenvalue weighted by Crippen LogP contribution is -2.40. The molecule has 0 bridgehead atoms. The Kier molecular flexibility index (Phi) is 3.76. The minimum Gasteiger partial charge on any atom is -0.328 e. The molecular formula is C16H21N3. The maximum absolute atomic E-state index is 5.94. The molecule has 3 nitrogen and oxygen atoms in total. The summed E-state index contributed by atoms with van der Waals surface area (Å²) >= 11 is 0. The standard InChI is InChI=1S/C16H21N3/c17-15-7-11-19(12-8-15)10-6-14-4-1-3-13-5-2-9-18-16(13)14/h1-5,9,15H,6-8,10-12,17H2. The van der Waals surface area contributed by atoms with Gasteiger partial charge in [-0.15, -0.1) is 0 Å². The van der Waals surface area contributed by atoms with Crippen molar-refractivity contribution in [2.45, 2.75) is 25.3 Å². The second-order valence-electron chi connectivity index (χ2n) is 5.42. The Hall–Kier alpha value is -1.45. The average Bonchev–Trinajstić information content (AvgIpc) is 2.47. The molecule has 3 heteroatoms. The van der Waals surface area contributed by atoms with Gasteiger partial charge in [-0.2, -0.15) is 0 Å². The van der Waals surface area contributed by atoms with Gasteiger partial charge < -0.3 is 10.6 Å². The molecule has 0 unspecified atom stereocenters. The first-order valence-corrected chi connectivity index (χ1v) is 7.13. The van der Waals surface area contributed by atoms with Crippen molar-refractivity contribution in [3.8, 4) is 0 Å². The van der Waals surface area contributed by atoms with E-state index in [4.69, 9.17) is 5.73 Å². The fraction of sp³-hybridized carbons (Fsp3) is 0.438. The van der Waals surface area contributed by atoms with Crippen molar-refractivity contribution >= 4 is 10.9 Å². The molecule has 2 heterocycles. The molecule has 3 rings (SSSR count). The molecule has 0 amide bonds. The van der Waals surface area contributed by atoms with E-state index in [0.717, 1.165) is 44.4 Å². The number of aromatic nitrogens is 1. The van der Waals surface area contributed by atoms with E-state index in [1.807, 2.05) is 12.3 Å². The fourth-order valence-electron chi connectivity index (χ4n) is 2.82. The van der Waals surface area contributed by atoms with Gasteiger partial charge in [0, 0.05) is 24.2 Å². The molecule has 0 atom stereocenters. The summed E-state index contributed by atoms with van der Waals surface area (Å²) in [7, 11) is 0. The highest BCUT2D eigenvalue weighted by molar-refractivity contribution is 5.81. The molecule has 1 saturated heterocycles. The molecule has 0 radical (unpaired) electrons. The van der Waals surface area contributed by atoms with Crippen LogP contribution in [0.4, 0.5) is 0 Å². The summed E-state index contributed by atoms with van der Waals surface area (Å²) < 4.78 is 0. The summed E-state index contributed by atoms with van der Waals surface area (Å²) in [6.45, 7) is 3.39. The summed E-state index contributed by atoms with van der Waals surface area (Å²) in [4.78, 5) is 7.04. The third kappa shape index (κ3) is 2.94. The van der Waals surface area contributed by atoms with E-state index in [9.17, 15) is 0 Å². The fourth-order valence-corrected chi connectivity index (χ4v) is 2.82. The Bertz CT molecular complexity index is 539. The van der Waals surface area contributed by atoms with Gasteiger partial charge in [-0.3, -0.25) is 4.98 Å². The molecule has 1 aliphatic heterocycles. The van der Waals surface area contributed by atoms with Crippen LogP contribution < -0.4 is 5.73 Å². The molecule has 100 valence electrons. The Morgan fingerprint density at radius 3 is 2.79 bits per heavy atom. The lowest BCUT2D eigenvalue weighted by molar-refractivity contribution is 0.216. The number of hydrogen-bond donors (Lipinski definition) is 1.